The summed E-state index contributed by atoms with van der Waals surface area (Å²) in [6.07, 6.45) is 3.88. The summed E-state index contributed by atoms with van der Waals surface area (Å²) in [6.45, 7) is 7.32. The minimum absolute atomic E-state index is 0.352. The molecular weight excluding hydrogens is 188 g/mol. The van der Waals surface area contributed by atoms with Crippen molar-refractivity contribution in [3.05, 3.63) is 0 Å². The molecule has 1 aliphatic carbocycles. The molecule has 1 atom stereocenters. The Morgan fingerprint density at radius 2 is 2.07 bits per heavy atom. The van der Waals surface area contributed by atoms with E-state index in [4.69, 9.17) is 4.74 Å². The molecule has 1 N–H and O–H groups in total. The summed E-state index contributed by atoms with van der Waals surface area (Å²) in [6, 6.07) is 0.697. The van der Waals surface area contributed by atoms with E-state index in [0.29, 0.717) is 11.6 Å². The van der Waals surface area contributed by atoms with Crippen LogP contribution in [0.5, 0.6) is 0 Å². The number of hydrogen-bond acceptors (Lipinski definition) is 3. The van der Waals surface area contributed by atoms with Crippen LogP contribution < -0.4 is 5.32 Å². The van der Waals surface area contributed by atoms with Crippen molar-refractivity contribution in [2.45, 2.75) is 44.7 Å². The van der Waals surface area contributed by atoms with Gasteiger partial charge in [-0.3, -0.25) is 0 Å². The highest BCUT2D eigenvalue weighted by atomic mass is 16.5. The Morgan fingerprint density at radius 3 is 2.47 bits per heavy atom. The lowest BCUT2D eigenvalue weighted by atomic mass is 10.2. The van der Waals surface area contributed by atoms with Gasteiger partial charge < -0.3 is 15.0 Å². The average Bonchev–Trinajstić information content (AvgIpc) is 2.86. The van der Waals surface area contributed by atoms with E-state index in [-0.39, 0.29) is 0 Å². The van der Waals surface area contributed by atoms with Gasteiger partial charge in [-0.05, 0) is 32.9 Å². The van der Waals surface area contributed by atoms with Crippen LogP contribution in [0.4, 0.5) is 0 Å². The van der Waals surface area contributed by atoms with Crippen LogP contribution >= 0.6 is 0 Å². The first kappa shape index (κ1) is 12.9. The minimum atomic E-state index is 0.352. The number of methoxy groups -OCH3 is 1. The molecule has 0 bridgehead atoms. The number of nitrogens with one attached hydrogen (secondary N) is 1. The molecule has 1 heterocycles. The Hall–Kier alpha value is -0.120. The Kier molecular flexibility index (Phi) is 5.03. The fourth-order valence-corrected chi connectivity index (χ4v) is 2.24. The Labute approximate surface area is 94.2 Å². The number of rotatable bonds is 4. The molecule has 1 aliphatic heterocycles. The van der Waals surface area contributed by atoms with Gasteiger partial charge in [0.1, 0.15) is 0 Å². The van der Waals surface area contributed by atoms with Crippen molar-refractivity contribution in [3.63, 3.8) is 0 Å². The first-order valence-corrected chi connectivity index (χ1v) is 6.19. The van der Waals surface area contributed by atoms with Gasteiger partial charge in [-0.1, -0.05) is 13.8 Å². The summed E-state index contributed by atoms with van der Waals surface area (Å²) in [5, 5.41) is 3.73. The van der Waals surface area contributed by atoms with E-state index in [2.05, 4.69) is 17.3 Å². The van der Waals surface area contributed by atoms with E-state index in [1.165, 1.54) is 32.4 Å². The summed E-state index contributed by atoms with van der Waals surface area (Å²) in [5.74, 6) is 0. The van der Waals surface area contributed by atoms with Gasteiger partial charge in [-0.25, -0.2) is 0 Å². The summed E-state index contributed by atoms with van der Waals surface area (Å²) in [5.41, 5.74) is 0.352. The van der Waals surface area contributed by atoms with Crippen LogP contribution in [0.15, 0.2) is 0 Å². The molecule has 0 spiro atoms. The maximum absolute atomic E-state index is 5.23. The number of likely N-dealkylation sites (N-methyl/N-ethyl adjacent to an activating group) is 1. The molecule has 0 aromatic heterocycles. The van der Waals surface area contributed by atoms with Crippen LogP contribution in [0.2, 0.25) is 0 Å². The molecule has 90 valence electrons. The van der Waals surface area contributed by atoms with E-state index in [1.807, 2.05) is 13.8 Å². The summed E-state index contributed by atoms with van der Waals surface area (Å²) >= 11 is 0. The van der Waals surface area contributed by atoms with E-state index >= 15 is 0 Å². The monoisotopic (exact) mass is 214 g/mol. The second-order valence-corrected chi connectivity index (χ2v) is 4.61. The third-order valence-corrected chi connectivity index (χ3v) is 3.18. The highest BCUT2D eigenvalue weighted by molar-refractivity contribution is 5.04. The number of likely N-dealkylation sites (tertiary alicyclic amines) is 1. The second kappa shape index (κ2) is 5.83. The first-order chi connectivity index (χ1) is 7.24. The largest absolute Gasteiger partial charge is 0.383 e. The van der Waals surface area contributed by atoms with Crippen molar-refractivity contribution in [1.29, 1.82) is 0 Å². The van der Waals surface area contributed by atoms with Crippen LogP contribution in [-0.2, 0) is 4.74 Å². The standard InChI is InChI=1S/C10H20N2O.C2H6/c1-12-6-3-9(7-12)11-10(4-5-10)8-13-2;1-2/h9,11H,3-8H2,1-2H3;1-2H3. The topological polar surface area (TPSA) is 24.5 Å². The lowest BCUT2D eigenvalue weighted by Gasteiger charge is -2.21. The normalized spacial score (nSPS) is 28.4. The fraction of sp³-hybridized carbons (Fsp3) is 1.00. The summed E-state index contributed by atoms with van der Waals surface area (Å²) in [7, 11) is 3.99. The zero-order valence-corrected chi connectivity index (χ0v) is 10.7. The van der Waals surface area contributed by atoms with Crippen molar-refractivity contribution >= 4 is 0 Å². The van der Waals surface area contributed by atoms with E-state index in [1.54, 1.807) is 7.11 Å². The number of hydrogen-bond donors (Lipinski definition) is 1. The van der Waals surface area contributed by atoms with Gasteiger partial charge in [0, 0.05) is 25.2 Å². The third kappa shape index (κ3) is 3.74. The van der Waals surface area contributed by atoms with Crippen LogP contribution in [-0.4, -0.2) is 50.3 Å². The van der Waals surface area contributed by atoms with Gasteiger partial charge in [0.2, 0.25) is 0 Å². The predicted octanol–water partition coefficient (Wildman–Crippen LogP) is 1.49. The lowest BCUT2D eigenvalue weighted by molar-refractivity contribution is 0.151. The SMILES string of the molecule is CC.COCC1(NC2CCN(C)C2)CC1. The molecule has 3 nitrogen and oxygen atoms in total. The van der Waals surface area contributed by atoms with Crippen molar-refractivity contribution in [2.75, 3.05) is 33.9 Å². The van der Waals surface area contributed by atoms with E-state index in [0.717, 1.165) is 6.61 Å². The molecule has 0 aromatic rings. The molecule has 1 saturated heterocycles. The molecule has 2 rings (SSSR count). The van der Waals surface area contributed by atoms with Crippen molar-refractivity contribution in [3.8, 4) is 0 Å². The van der Waals surface area contributed by atoms with Crippen LogP contribution in [0, 0.1) is 0 Å². The van der Waals surface area contributed by atoms with Crippen molar-refractivity contribution in [1.82, 2.24) is 10.2 Å². The maximum Gasteiger partial charge on any atom is 0.0644 e. The number of ether oxygens (including phenoxy) is 1. The van der Waals surface area contributed by atoms with Gasteiger partial charge in [0.05, 0.1) is 6.61 Å². The number of nitrogens with zero attached hydrogens (tertiary/aromatic N) is 1. The van der Waals surface area contributed by atoms with E-state index in [9.17, 15) is 0 Å². The molecule has 2 fully saturated rings. The maximum atomic E-state index is 5.23. The molecule has 0 aromatic carbocycles. The van der Waals surface area contributed by atoms with Crippen molar-refractivity contribution < 1.29 is 4.74 Å². The predicted molar refractivity (Wildman–Crippen MR) is 64.2 cm³/mol. The first-order valence-electron chi connectivity index (χ1n) is 6.19. The quantitative estimate of drug-likeness (QED) is 0.767. The van der Waals surface area contributed by atoms with Gasteiger partial charge in [0.25, 0.3) is 0 Å². The fourth-order valence-electron chi connectivity index (χ4n) is 2.24. The zero-order valence-electron chi connectivity index (χ0n) is 10.7. The molecule has 3 heteroatoms. The van der Waals surface area contributed by atoms with Gasteiger partial charge >= 0.3 is 0 Å². The summed E-state index contributed by atoms with van der Waals surface area (Å²) in [4.78, 5) is 2.39. The lowest BCUT2D eigenvalue weighted by Crippen LogP contribution is -2.44. The van der Waals surface area contributed by atoms with Gasteiger partial charge in [0.15, 0.2) is 0 Å². The van der Waals surface area contributed by atoms with Crippen LogP contribution in [0.25, 0.3) is 0 Å². The molecule has 0 radical (unpaired) electrons. The molecule has 1 saturated carbocycles. The highest BCUT2D eigenvalue weighted by Crippen LogP contribution is 2.36. The average molecular weight is 214 g/mol. The summed E-state index contributed by atoms with van der Waals surface area (Å²) < 4.78 is 5.23. The molecule has 0 amide bonds. The minimum Gasteiger partial charge on any atom is -0.383 e. The molecular formula is C12H26N2O. The second-order valence-electron chi connectivity index (χ2n) is 4.61. The Morgan fingerprint density at radius 1 is 1.40 bits per heavy atom. The Bertz CT molecular complexity index is 180. The molecule has 1 unspecified atom stereocenters. The third-order valence-electron chi connectivity index (χ3n) is 3.18. The Balaban J connectivity index is 0.000000531. The molecule has 2 aliphatic rings. The van der Waals surface area contributed by atoms with Crippen molar-refractivity contribution in [2.24, 2.45) is 0 Å². The van der Waals surface area contributed by atoms with Gasteiger partial charge in [-0.15, -0.1) is 0 Å². The highest BCUT2D eigenvalue weighted by Gasteiger charge is 2.44. The van der Waals surface area contributed by atoms with Crippen LogP contribution in [0.1, 0.15) is 33.1 Å². The molecule has 15 heavy (non-hydrogen) atoms. The van der Waals surface area contributed by atoms with Gasteiger partial charge in [-0.2, -0.15) is 0 Å². The zero-order chi connectivity index (χ0) is 11.3. The van der Waals surface area contributed by atoms with Crippen LogP contribution in [0.3, 0.4) is 0 Å². The smallest absolute Gasteiger partial charge is 0.0644 e. The van der Waals surface area contributed by atoms with E-state index < -0.39 is 0 Å².